The summed E-state index contributed by atoms with van der Waals surface area (Å²) in [5.74, 6) is 0.453. The number of nitrogens with zero attached hydrogens (tertiary/aromatic N) is 1. The van der Waals surface area contributed by atoms with Crippen molar-refractivity contribution in [2.24, 2.45) is 0 Å². The number of methoxy groups -OCH3 is 1. The maximum atomic E-state index is 13.3. The number of aromatic nitrogens is 1. The first kappa shape index (κ1) is 23.9. The van der Waals surface area contributed by atoms with Gasteiger partial charge in [0, 0.05) is 30.0 Å². The molecule has 0 unspecified atom stereocenters. The number of nitrogens with one attached hydrogen (secondary N) is 2. The van der Waals surface area contributed by atoms with Gasteiger partial charge in [-0.2, -0.15) is 0 Å². The summed E-state index contributed by atoms with van der Waals surface area (Å²) in [7, 11) is 1.62. The van der Waals surface area contributed by atoms with Crippen LogP contribution in [0.4, 0.5) is 5.13 Å². The Labute approximate surface area is 208 Å². The van der Waals surface area contributed by atoms with Crippen LogP contribution in [0.25, 0.3) is 22.9 Å². The molecule has 1 heterocycles. The van der Waals surface area contributed by atoms with Crippen molar-refractivity contribution in [3.63, 3.8) is 0 Å². The molecule has 0 fully saturated rings. The van der Waals surface area contributed by atoms with Gasteiger partial charge in [0.25, 0.3) is 5.91 Å². The number of rotatable bonds is 8. The van der Waals surface area contributed by atoms with E-state index in [0.29, 0.717) is 17.2 Å². The molecule has 0 atom stereocenters. The summed E-state index contributed by atoms with van der Waals surface area (Å²) < 4.78 is 5.23. The van der Waals surface area contributed by atoms with Gasteiger partial charge in [-0.25, -0.2) is 4.98 Å². The maximum absolute atomic E-state index is 13.3. The van der Waals surface area contributed by atoms with E-state index < -0.39 is 0 Å². The second-order valence-corrected chi connectivity index (χ2v) is 8.65. The van der Waals surface area contributed by atoms with Crippen LogP contribution in [0.5, 0.6) is 5.75 Å². The Hall–Kier alpha value is -4.23. The minimum absolute atomic E-state index is 0.0649. The number of benzene rings is 3. The minimum Gasteiger partial charge on any atom is -0.497 e. The van der Waals surface area contributed by atoms with Crippen LogP contribution in [0.1, 0.15) is 23.6 Å². The zero-order chi connectivity index (χ0) is 24.6. The summed E-state index contributed by atoms with van der Waals surface area (Å²) in [6, 6.07) is 24.9. The van der Waals surface area contributed by atoms with Gasteiger partial charge in [0.2, 0.25) is 5.91 Å². The van der Waals surface area contributed by atoms with E-state index in [-0.39, 0.29) is 11.8 Å². The Morgan fingerprint density at radius 3 is 2.34 bits per heavy atom. The molecular weight excluding hydrogens is 458 g/mol. The molecule has 4 rings (SSSR count). The molecule has 1 aromatic heterocycles. The molecule has 6 nitrogen and oxygen atoms in total. The number of hydrogen-bond acceptors (Lipinski definition) is 5. The third-order valence-corrected chi connectivity index (χ3v) is 6.03. The number of thiazole rings is 1. The van der Waals surface area contributed by atoms with Crippen molar-refractivity contribution >= 4 is 39.9 Å². The molecule has 2 N–H and O–H groups in total. The second kappa shape index (κ2) is 11.3. The van der Waals surface area contributed by atoms with Crippen LogP contribution < -0.4 is 15.4 Å². The fourth-order valence-electron chi connectivity index (χ4n) is 3.41. The Balaban J connectivity index is 1.52. The zero-order valence-corrected chi connectivity index (χ0v) is 20.3. The lowest BCUT2D eigenvalue weighted by atomic mass is 10.0. The average Bonchev–Trinajstić information content (AvgIpc) is 3.35. The standard InChI is InChI=1S/C28H25N3O3S/c1-19(32)29-17-21-8-12-23(13-9-21)26-18-35-28(30-26)31-27(33)25(22-6-4-3-5-7-22)16-20-10-14-24(34-2)15-11-20/h3-16,18H,17H2,1-2H3,(H,29,32)(H,30,31,33)/b25-16+. The number of ether oxygens (including phenoxy) is 1. The van der Waals surface area contributed by atoms with E-state index in [1.54, 1.807) is 7.11 Å². The summed E-state index contributed by atoms with van der Waals surface area (Å²) in [5, 5.41) is 8.16. The average molecular weight is 484 g/mol. The zero-order valence-electron chi connectivity index (χ0n) is 19.4. The summed E-state index contributed by atoms with van der Waals surface area (Å²) in [5.41, 5.74) is 4.95. The highest BCUT2D eigenvalue weighted by Crippen LogP contribution is 2.27. The number of anilines is 1. The lowest BCUT2D eigenvalue weighted by molar-refractivity contribution is -0.119. The molecular formula is C28H25N3O3S. The molecule has 0 radical (unpaired) electrons. The molecule has 2 amide bonds. The van der Waals surface area contributed by atoms with Gasteiger partial charge < -0.3 is 10.1 Å². The van der Waals surface area contributed by atoms with Gasteiger partial charge in [-0.3, -0.25) is 14.9 Å². The monoisotopic (exact) mass is 483 g/mol. The predicted octanol–water partition coefficient (Wildman–Crippen LogP) is 5.63. The molecule has 0 aliphatic carbocycles. The van der Waals surface area contributed by atoms with Gasteiger partial charge in [-0.1, -0.05) is 66.7 Å². The van der Waals surface area contributed by atoms with Crippen molar-refractivity contribution in [3.05, 3.63) is 101 Å². The summed E-state index contributed by atoms with van der Waals surface area (Å²) in [6.07, 6.45) is 1.85. The van der Waals surface area contributed by atoms with Crippen LogP contribution in [-0.4, -0.2) is 23.9 Å². The van der Waals surface area contributed by atoms with E-state index in [2.05, 4.69) is 15.6 Å². The Bertz CT molecular complexity index is 1330. The first-order chi connectivity index (χ1) is 17.0. The summed E-state index contributed by atoms with van der Waals surface area (Å²) in [6.45, 7) is 1.98. The van der Waals surface area contributed by atoms with E-state index in [4.69, 9.17) is 4.74 Å². The van der Waals surface area contributed by atoms with Gasteiger partial charge in [0.05, 0.1) is 12.8 Å². The highest BCUT2D eigenvalue weighted by Gasteiger charge is 2.15. The van der Waals surface area contributed by atoms with Crippen LogP contribution in [-0.2, 0) is 16.1 Å². The molecule has 0 saturated heterocycles. The minimum atomic E-state index is -0.237. The van der Waals surface area contributed by atoms with Gasteiger partial charge in [-0.05, 0) is 34.9 Å². The van der Waals surface area contributed by atoms with Crippen molar-refractivity contribution in [1.29, 1.82) is 0 Å². The summed E-state index contributed by atoms with van der Waals surface area (Å²) >= 11 is 1.37. The third-order valence-electron chi connectivity index (χ3n) is 5.27. The van der Waals surface area contributed by atoms with Crippen LogP contribution in [0.2, 0.25) is 0 Å². The molecule has 176 valence electrons. The Morgan fingerprint density at radius 2 is 1.69 bits per heavy atom. The SMILES string of the molecule is COc1ccc(/C=C(/C(=O)Nc2nc(-c3ccc(CNC(C)=O)cc3)cs2)c2ccccc2)cc1. The van der Waals surface area contributed by atoms with Crippen molar-refractivity contribution in [3.8, 4) is 17.0 Å². The van der Waals surface area contributed by atoms with Gasteiger partial charge in [-0.15, -0.1) is 11.3 Å². The molecule has 35 heavy (non-hydrogen) atoms. The number of amides is 2. The number of carbonyl (C=O) groups excluding carboxylic acids is 2. The van der Waals surface area contributed by atoms with E-state index >= 15 is 0 Å². The smallest absolute Gasteiger partial charge is 0.258 e. The van der Waals surface area contributed by atoms with Crippen LogP contribution in [0.15, 0.2) is 84.2 Å². The van der Waals surface area contributed by atoms with E-state index in [1.165, 1.54) is 18.3 Å². The van der Waals surface area contributed by atoms with Crippen molar-refractivity contribution in [1.82, 2.24) is 10.3 Å². The second-order valence-electron chi connectivity index (χ2n) is 7.80. The fraction of sp³-hybridized carbons (Fsp3) is 0.107. The number of carbonyl (C=O) groups is 2. The van der Waals surface area contributed by atoms with Crippen LogP contribution in [0, 0.1) is 0 Å². The highest BCUT2D eigenvalue weighted by molar-refractivity contribution is 7.14. The molecule has 7 heteroatoms. The largest absolute Gasteiger partial charge is 0.497 e. The maximum Gasteiger partial charge on any atom is 0.258 e. The third kappa shape index (κ3) is 6.43. The van der Waals surface area contributed by atoms with Gasteiger partial charge in [0.1, 0.15) is 5.75 Å². The lowest BCUT2D eigenvalue weighted by Crippen LogP contribution is -2.18. The molecule has 0 aliphatic rings. The van der Waals surface area contributed by atoms with Gasteiger partial charge in [0.15, 0.2) is 5.13 Å². The molecule has 0 spiro atoms. The van der Waals surface area contributed by atoms with Crippen LogP contribution >= 0.6 is 11.3 Å². The van der Waals surface area contributed by atoms with Gasteiger partial charge >= 0.3 is 0 Å². The Morgan fingerprint density at radius 1 is 0.971 bits per heavy atom. The quantitative estimate of drug-likeness (QED) is 0.251. The normalized spacial score (nSPS) is 11.1. The Kier molecular flexibility index (Phi) is 7.70. The van der Waals surface area contributed by atoms with Crippen LogP contribution in [0.3, 0.4) is 0 Å². The highest BCUT2D eigenvalue weighted by atomic mass is 32.1. The van der Waals surface area contributed by atoms with E-state index in [0.717, 1.165) is 33.7 Å². The first-order valence-electron chi connectivity index (χ1n) is 11.0. The van der Waals surface area contributed by atoms with Crippen molar-refractivity contribution in [2.45, 2.75) is 13.5 Å². The molecule has 0 bridgehead atoms. The fourth-order valence-corrected chi connectivity index (χ4v) is 4.13. The number of hydrogen-bond donors (Lipinski definition) is 2. The van der Waals surface area contributed by atoms with Crippen molar-refractivity contribution < 1.29 is 14.3 Å². The predicted molar refractivity (Wildman–Crippen MR) is 141 cm³/mol. The molecule has 0 aliphatic heterocycles. The topological polar surface area (TPSA) is 80.3 Å². The van der Waals surface area contributed by atoms with Crippen molar-refractivity contribution in [2.75, 3.05) is 12.4 Å². The van der Waals surface area contributed by atoms with E-state index in [9.17, 15) is 9.59 Å². The lowest BCUT2D eigenvalue weighted by Gasteiger charge is -2.08. The molecule has 4 aromatic rings. The first-order valence-corrected chi connectivity index (χ1v) is 11.9. The van der Waals surface area contributed by atoms with E-state index in [1.807, 2.05) is 90.3 Å². The molecule has 0 saturated carbocycles. The summed E-state index contributed by atoms with van der Waals surface area (Å²) in [4.78, 5) is 29.0. The molecule has 3 aromatic carbocycles.